The van der Waals surface area contributed by atoms with Gasteiger partial charge in [-0.2, -0.15) is 9.97 Å². The van der Waals surface area contributed by atoms with Gasteiger partial charge in [-0.25, -0.2) is 4.98 Å². The highest BCUT2D eigenvalue weighted by Crippen LogP contribution is 2.54. The van der Waals surface area contributed by atoms with E-state index in [9.17, 15) is 0 Å². The molecule has 10 aromatic rings. The number of aromatic nitrogens is 4. The van der Waals surface area contributed by atoms with E-state index in [0.29, 0.717) is 17.6 Å². The molecule has 268 valence electrons. The van der Waals surface area contributed by atoms with Crippen molar-refractivity contribution in [1.29, 1.82) is 0 Å². The van der Waals surface area contributed by atoms with Gasteiger partial charge in [-0.3, -0.25) is 4.57 Å². The Bertz CT molecular complexity index is 3150. The van der Waals surface area contributed by atoms with Crippen molar-refractivity contribution < 1.29 is 4.42 Å². The fourth-order valence-corrected chi connectivity index (χ4v) is 9.14. The van der Waals surface area contributed by atoms with Gasteiger partial charge in [0.2, 0.25) is 5.95 Å². The van der Waals surface area contributed by atoms with Crippen molar-refractivity contribution in [1.82, 2.24) is 19.5 Å². The van der Waals surface area contributed by atoms with Gasteiger partial charge in [0.25, 0.3) is 0 Å². The van der Waals surface area contributed by atoms with Crippen LogP contribution in [0.25, 0.3) is 78.7 Å². The van der Waals surface area contributed by atoms with Crippen LogP contribution in [-0.2, 0) is 0 Å². The third-order valence-corrected chi connectivity index (χ3v) is 11.6. The minimum atomic E-state index is 0.0862. The van der Waals surface area contributed by atoms with Crippen LogP contribution in [0.2, 0.25) is 0 Å². The van der Waals surface area contributed by atoms with Crippen LogP contribution in [0, 0.1) is 0 Å². The number of nitrogens with zero attached hydrogens (tertiary/aromatic N) is 5. The number of furan rings is 1. The Kier molecular flexibility index (Phi) is 6.95. The highest BCUT2D eigenvalue weighted by Gasteiger charge is 2.43. The number of anilines is 2. The highest BCUT2D eigenvalue weighted by molar-refractivity contribution is 6.09. The van der Waals surface area contributed by atoms with Crippen LogP contribution in [-0.4, -0.2) is 25.6 Å². The second-order valence-corrected chi connectivity index (χ2v) is 14.7. The Morgan fingerprint density at radius 1 is 0.491 bits per heavy atom. The first kappa shape index (κ1) is 31.7. The number of para-hydroxylation sites is 5. The Hall–Kier alpha value is -7.57. The first-order valence-electron chi connectivity index (χ1n) is 19.4. The molecule has 0 spiro atoms. The molecule has 0 radical (unpaired) electrons. The molecule has 0 saturated heterocycles. The Balaban J connectivity index is 1.06. The topological polar surface area (TPSA) is 60.0 Å². The maximum absolute atomic E-state index is 6.91. The van der Waals surface area contributed by atoms with E-state index in [1.807, 2.05) is 6.07 Å². The number of rotatable bonds is 5. The van der Waals surface area contributed by atoms with E-state index >= 15 is 0 Å². The van der Waals surface area contributed by atoms with Crippen molar-refractivity contribution in [3.63, 3.8) is 0 Å². The van der Waals surface area contributed by atoms with Gasteiger partial charge >= 0.3 is 0 Å². The second-order valence-electron chi connectivity index (χ2n) is 14.7. The standard InChI is InChI=1S/C51H33N5O/c1-3-14-32(15-4-1)33-26-28-34(29-27-33)49-52-50(54-51(53-49)56-41-23-10-7-18-36(41)37-19-8-11-24-42(37)56)40-22-13-21-39-47-45(57-48(39)40)31-30-44-46(47)38-20-9-12-25-43(38)55(44)35-16-5-2-6-17-35/h1-31,44,46H. The van der Waals surface area contributed by atoms with Crippen molar-refractivity contribution in [2.45, 2.75) is 12.0 Å². The zero-order valence-electron chi connectivity index (χ0n) is 30.7. The maximum atomic E-state index is 6.91. The Morgan fingerprint density at radius 3 is 1.88 bits per heavy atom. The summed E-state index contributed by atoms with van der Waals surface area (Å²) >= 11 is 0. The summed E-state index contributed by atoms with van der Waals surface area (Å²) in [5, 5.41) is 3.36. The van der Waals surface area contributed by atoms with Gasteiger partial charge in [-0.15, -0.1) is 0 Å². The molecule has 4 heterocycles. The molecule has 3 aromatic heterocycles. The maximum Gasteiger partial charge on any atom is 0.238 e. The zero-order chi connectivity index (χ0) is 37.5. The predicted octanol–water partition coefficient (Wildman–Crippen LogP) is 12.4. The number of hydrogen-bond acceptors (Lipinski definition) is 5. The summed E-state index contributed by atoms with van der Waals surface area (Å²) in [6, 6.07) is 61.7. The average molecular weight is 732 g/mol. The molecule has 7 aromatic carbocycles. The predicted molar refractivity (Wildman–Crippen MR) is 230 cm³/mol. The molecule has 1 aliphatic carbocycles. The SMILES string of the molecule is C1=CC2C(c3ccccc3N2c2ccccc2)c2c1oc1c(-c3nc(-c4ccc(-c5ccccc5)cc4)nc(-n4c5ccccc5c5ccccc54)n3)cccc21. The molecule has 6 heteroatoms. The molecular formula is C51H33N5O. The molecular weight excluding hydrogens is 699 g/mol. The molecule has 2 aliphatic rings. The molecule has 2 atom stereocenters. The molecule has 6 nitrogen and oxygen atoms in total. The normalized spacial score (nSPS) is 15.6. The Morgan fingerprint density at radius 2 is 1.11 bits per heavy atom. The summed E-state index contributed by atoms with van der Waals surface area (Å²) in [5.74, 6) is 2.66. The van der Waals surface area contributed by atoms with E-state index < -0.39 is 0 Å². The van der Waals surface area contributed by atoms with E-state index in [2.05, 4.69) is 191 Å². The monoisotopic (exact) mass is 731 g/mol. The molecule has 1 aliphatic heterocycles. The van der Waals surface area contributed by atoms with Gasteiger partial charge in [-0.05, 0) is 59.2 Å². The van der Waals surface area contributed by atoms with Crippen LogP contribution in [0.15, 0.2) is 186 Å². The van der Waals surface area contributed by atoms with Crippen molar-refractivity contribution in [2.24, 2.45) is 0 Å². The summed E-state index contributed by atoms with van der Waals surface area (Å²) in [5.41, 5.74) is 11.7. The molecule has 0 saturated carbocycles. The van der Waals surface area contributed by atoms with Crippen LogP contribution < -0.4 is 4.90 Å². The van der Waals surface area contributed by atoms with E-state index in [0.717, 1.165) is 60.8 Å². The van der Waals surface area contributed by atoms with Gasteiger partial charge in [0.1, 0.15) is 11.3 Å². The van der Waals surface area contributed by atoms with Crippen LogP contribution in [0.1, 0.15) is 22.8 Å². The van der Waals surface area contributed by atoms with Gasteiger partial charge < -0.3 is 9.32 Å². The molecule has 0 N–H and O–H groups in total. The lowest BCUT2D eigenvalue weighted by molar-refractivity contribution is 0.584. The Labute approximate surface area is 328 Å². The lowest BCUT2D eigenvalue weighted by Gasteiger charge is -2.30. The number of fused-ring (bicyclic) bond motifs is 10. The van der Waals surface area contributed by atoms with Crippen molar-refractivity contribution in [2.75, 3.05) is 4.90 Å². The summed E-state index contributed by atoms with van der Waals surface area (Å²) in [6.45, 7) is 0. The number of hydrogen-bond donors (Lipinski definition) is 0. The fraction of sp³-hybridized carbons (Fsp3) is 0.0392. The largest absolute Gasteiger partial charge is 0.456 e. The van der Waals surface area contributed by atoms with Crippen molar-refractivity contribution >= 4 is 50.2 Å². The van der Waals surface area contributed by atoms with E-state index in [4.69, 9.17) is 19.4 Å². The quantitative estimate of drug-likeness (QED) is 0.176. The second kappa shape index (κ2) is 12.5. The molecule has 12 rings (SSSR count). The molecule has 0 amide bonds. The van der Waals surface area contributed by atoms with Crippen molar-refractivity contribution in [3.8, 4) is 39.9 Å². The van der Waals surface area contributed by atoms with Crippen molar-refractivity contribution in [3.05, 3.63) is 199 Å². The first-order chi connectivity index (χ1) is 28.3. The summed E-state index contributed by atoms with van der Waals surface area (Å²) in [6.07, 6.45) is 4.45. The zero-order valence-corrected chi connectivity index (χ0v) is 30.7. The van der Waals surface area contributed by atoms with E-state index in [1.165, 1.54) is 22.5 Å². The smallest absolute Gasteiger partial charge is 0.238 e. The fourth-order valence-electron chi connectivity index (χ4n) is 9.14. The lowest BCUT2D eigenvalue weighted by atomic mass is 9.82. The van der Waals surface area contributed by atoms with E-state index in [-0.39, 0.29) is 12.0 Å². The van der Waals surface area contributed by atoms with Gasteiger partial charge in [-0.1, -0.05) is 146 Å². The lowest BCUT2D eigenvalue weighted by Crippen LogP contribution is -2.30. The summed E-state index contributed by atoms with van der Waals surface area (Å²) < 4.78 is 9.07. The van der Waals surface area contributed by atoms with E-state index in [1.54, 1.807) is 0 Å². The van der Waals surface area contributed by atoms with Crippen LogP contribution >= 0.6 is 0 Å². The minimum absolute atomic E-state index is 0.0862. The van der Waals surface area contributed by atoms with Gasteiger partial charge in [0, 0.05) is 44.6 Å². The highest BCUT2D eigenvalue weighted by atomic mass is 16.3. The van der Waals surface area contributed by atoms with Gasteiger partial charge in [0.05, 0.1) is 22.6 Å². The van der Waals surface area contributed by atoms with Gasteiger partial charge in [0.15, 0.2) is 11.6 Å². The minimum Gasteiger partial charge on any atom is -0.456 e. The first-order valence-corrected chi connectivity index (χ1v) is 19.4. The molecule has 2 unspecified atom stereocenters. The third-order valence-electron chi connectivity index (χ3n) is 11.6. The number of benzene rings is 7. The molecule has 0 bridgehead atoms. The molecule has 0 fully saturated rings. The summed E-state index contributed by atoms with van der Waals surface area (Å²) in [4.78, 5) is 18.2. The third kappa shape index (κ3) is 4.87. The van der Waals surface area contributed by atoms with Crippen LogP contribution in [0.5, 0.6) is 0 Å². The average Bonchev–Trinajstić information content (AvgIpc) is 3.95. The van der Waals surface area contributed by atoms with Crippen LogP contribution in [0.4, 0.5) is 11.4 Å². The van der Waals surface area contributed by atoms with Crippen LogP contribution in [0.3, 0.4) is 0 Å². The summed E-state index contributed by atoms with van der Waals surface area (Å²) in [7, 11) is 0. The molecule has 57 heavy (non-hydrogen) atoms.